The van der Waals surface area contributed by atoms with Crippen LogP contribution < -0.4 is 0 Å². The number of carbonyl (C=O) groups excluding carboxylic acids is 1. The topological polar surface area (TPSA) is 37.3 Å². The summed E-state index contributed by atoms with van der Waals surface area (Å²) in [4.78, 5) is 14.8. The Bertz CT molecular complexity index is 1090. The second-order valence-corrected chi connectivity index (χ2v) is 13.2. The number of carbonyl (C=O) groups is 1. The Balaban J connectivity index is 3.25. The van der Waals surface area contributed by atoms with E-state index in [1.165, 1.54) is 27.8 Å². The number of allylic oxidation sites excluding steroid dienone is 1. The van der Waals surface area contributed by atoms with Crippen molar-refractivity contribution in [3.63, 3.8) is 0 Å². The van der Waals surface area contributed by atoms with E-state index in [0.717, 1.165) is 75.3 Å². The van der Waals surface area contributed by atoms with Gasteiger partial charge in [-0.05, 0) is 101 Å². The molecule has 5 unspecified atom stereocenters. The molecule has 0 aliphatic rings. The van der Waals surface area contributed by atoms with Crippen LogP contribution in [0.1, 0.15) is 207 Å². The Morgan fingerprint density at radius 3 is 1.21 bits per heavy atom. The van der Waals surface area contributed by atoms with E-state index in [9.17, 15) is 9.90 Å². The number of ketones is 1. The van der Waals surface area contributed by atoms with Crippen molar-refractivity contribution in [1.82, 2.24) is 0 Å². The normalized spacial score (nSPS) is 15.7. The summed E-state index contributed by atoms with van der Waals surface area (Å²) >= 11 is 0. The highest BCUT2D eigenvalue weighted by molar-refractivity contribution is 6.12. The molecule has 5 atom stereocenters. The molecule has 0 aliphatic heterocycles. The van der Waals surface area contributed by atoms with Crippen LogP contribution in [0.2, 0.25) is 0 Å². The Labute approximate surface area is 259 Å². The largest absolute Gasteiger partial charge is 0.504 e. The van der Waals surface area contributed by atoms with Gasteiger partial charge in [-0.2, -0.15) is 0 Å². The van der Waals surface area contributed by atoms with Crippen molar-refractivity contribution in [2.75, 3.05) is 0 Å². The molecule has 0 fully saturated rings. The molecule has 0 saturated heterocycles. The lowest BCUT2D eigenvalue weighted by atomic mass is 9.67. The van der Waals surface area contributed by atoms with Crippen LogP contribution in [0, 0.1) is 0 Å². The lowest BCUT2D eigenvalue weighted by Gasteiger charge is -2.37. The van der Waals surface area contributed by atoms with Gasteiger partial charge in [0, 0.05) is 5.56 Å². The molecule has 0 radical (unpaired) electrons. The molecular formula is C40H62O2. The molecule has 1 N–H and O–H groups in total. The monoisotopic (exact) mass is 574 g/mol. The third-order valence-electron chi connectivity index (χ3n) is 9.33. The molecule has 2 aromatic rings. The minimum atomic E-state index is -0.195. The summed E-state index contributed by atoms with van der Waals surface area (Å²) in [6.07, 6.45) is 12.6. The van der Waals surface area contributed by atoms with E-state index in [0.29, 0.717) is 17.8 Å². The zero-order chi connectivity index (χ0) is 31.4. The van der Waals surface area contributed by atoms with Gasteiger partial charge in [-0.15, -0.1) is 0 Å². The highest BCUT2D eigenvalue weighted by Gasteiger charge is 2.36. The van der Waals surface area contributed by atoms with Crippen LogP contribution in [0.3, 0.4) is 0 Å². The van der Waals surface area contributed by atoms with Crippen molar-refractivity contribution < 1.29 is 9.90 Å². The quantitative estimate of drug-likeness (QED) is 0.109. The summed E-state index contributed by atoms with van der Waals surface area (Å²) in [6, 6.07) is 9.76. The highest BCUT2D eigenvalue weighted by Crippen LogP contribution is 2.49. The Morgan fingerprint density at radius 1 is 0.571 bits per heavy atom. The minimum Gasteiger partial charge on any atom is -0.504 e. The second-order valence-electron chi connectivity index (χ2n) is 13.2. The molecule has 0 aliphatic carbocycles. The van der Waals surface area contributed by atoms with Crippen molar-refractivity contribution in [3.05, 3.63) is 75.0 Å². The Kier molecular flexibility index (Phi) is 15.1. The molecule has 2 rings (SSSR count). The minimum absolute atomic E-state index is 0.145. The molecule has 2 nitrogen and oxygen atoms in total. The van der Waals surface area contributed by atoms with Crippen molar-refractivity contribution in [2.24, 2.45) is 0 Å². The number of hydrogen-bond acceptors (Lipinski definition) is 2. The summed E-state index contributed by atoms with van der Waals surface area (Å²) in [7, 11) is 0. The van der Waals surface area contributed by atoms with E-state index in [-0.39, 0.29) is 23.4 Å². The van der Waals surface area contributed by atoms with E-state index in [1.807, 2.05) is 30.3 Å². The zero-order valence-electron chi connectivity index (χ0n) is 28.8. The van der Waals surface area contributed by atoms with Crippen LogP contribution in [0.4, 0.5) is 0 Å². The zero-order valence-corrected chi connectivity index (χ0v) is 28.8. The van der Waals surface area contributed by atoms with Gasteiger partial charge in [0.25, 0.3) is 0 Å². The molecule has 42 heavy (non-hydrogen) atoms. The van der Waals surface area contributed by atoms with Crippen LogP contribution in [0.25, 0.3) is 6.08 Å². The first kappa shape index (κ1) is 35.8. The van der Waals surface area contributed by atoms with Crippen molar-refractivity contribution in [3.8, 4) is 0 Å². The predicted octanol–water partition coefficient (Wildman–Crippen LogP) is 13.0. The first-order valence-electron chi connectivity index (χ1n) is 17.3. The number of Topliss-reactive ketones (excluding diaryl/α,β-unsaturated/α-hetero) is 1. The lowest BCUT2D eigenvalue weighted by molar-refractivity contribution is 0.0977. The smallest absolute Gasteiger partial charge is 0.227 e. The van der Waals surface area contributed by atoms with Gasteiger partial charge in [0.15, 0.2) is 5.76 Å². The number of rotatable bonds is 18. The van der Waals surface area contributed by atoms with Gasteiger partial charge in [-0.1, -0.05) is 132 Å². The van der Waals surface area contributed by atoms with E-state index in [4.69, 9.17) is 0 Å². The van der Waals surface area contributed by atoms with Crippen molar-refractivity contribution >= 4 is 11.9 Å². The molecule has 0 heterocycles. The number of aliphatic hydroxyl groups is 1. The third-order valence-corrected chi connectivity index (χ3v) is 9.33. The molecule has 0 amide bonds. The Morgan fingerprint density at radius 2 is 0.881 bits per heavy atom. The summed E-state index contributed by atoms with van der Waals surface area (Å²) < 4.78 is 0. The van der Waals surface area contributed by atoms with E-state index < -0.39 is 0 Å². The standard InChI is InChI=1S/C40H62O2/c1-11-19-27(6)34-35(28(7)20-12-2)37(30(9)22-14-4)39(40(42)33(41)26-32-24-17-16-18-25-32)38(31(10)23-15-5)36(34)29(8)21-13-3/h16-18,24-31,41H,11-15,19-23H2,1-10H3/b33-26-. The van der Waals surface area contributed by atoms with Crippen molar-refractivity contribution in [1.29, 1.82) is 0 Å². The fourth-order valence-electron chi connectivity index (χ4n) is 7.50. The molecule has 0 spiro atoms. The van der Waals surface area contributed by atoms with Crippen molar-refractivity contribution in [2.45, 2.75) is 163 Å². The average molecular weight is 575 g/mol. The van der Waals surface area contributed by atoms with Crippen LogP contribution in [0.5, 0.6) is 0 Å². The van der Waals surface area contributed by atoms with E-state index >= 15 is 0 Å². The predicted molar refractivity (Wildman–Crippen MR) is 184 cm³/mol. The highest BCUT2D eigenvalue weighted by atomic mass is 16.3. The number of aliphatic hydroxyl groups excluding tert-OH is 1. The third kappa shape index (κ3) is 8.61. The van der Waals surface area contributed by atoms with Crippen LogP contribution in [0.15, 0.2) is 36.1 Å². The SMILES string of the molecule is CCCC(C)c1c(C(=O)/C(O)=C/c2ccccc2)c(C(C)CCC)c(C(C)CCC)c(C(C)CCC)c1C(C)CCC. The lowest BCUT2D eigenvalue weighted by Crippen LogP contribution is -2.24. The maximum atomic E-state index is 14.8. The van der Waals surface area contributed by atoms with Gasteiger partial charge in [0.2, 0.25) is 5.78 Å². The van der Waals surface area contributed by atoms with Gasteiger partial charge < -0.3 is 5.11 Å². The van der Waals surface area contributed by atoms with Gasteiger partial charge in [0.1, 0.15) is 0 Å². The second kappa shape index (κ2) is 17.7. The molecule has 0 aromatic heterocycles. The molecule has 0 saturated carbocycles. The summed E-state index contributed by atoms with van der Waals surface area (Å²) in [6.45, 7) is 23.2. The molecule has 234 valence electrons. The first-order chi connectivity index (χ1) is 20.1. The summed E-state index contributed by atoms with van der Waals surface area (Å²) in [5.74, 6) is 1.28. The van der Waals surface area contributed by atoms with E-state index in [2.05, 4.69) is 69.2 Å². The summed E-state index contributed by atoms with van der Waals surface area (Å²) in [5.41, 5.74) is 8.54. The summed E-state index contributed by atoms with van der Waals surface area (Å²) in [5, 5.41) is 11.5. The average Bonchev–Trinajstić information content (AvgIpc) is 2.96. The molecule has 2 aromatic carbocycles. The van der Waals surface area contributed by atoms with Gasteiger partial charge in [0.05, 0.1) is 0 Å². The maximum Gasteiger partial charge on any atom is 0.227 e. The Hall–Kier alpha value is -2.35. The van der Waals surface area contributed by atoms with E-state index in [1.54, 1.807) is 6.08 Å². The van der Waals surface area contributed by atoms with Crippen LogP contribution >= 0.6 is 0 Å². The fraction of sp³-hybridized carbons (Fsp3) is 0.625. The van der Waals surface area contributed by atoms with Crippen LogP contribution in [-0.2, 0) is 0 Å². The molecule has 0 bridgehead atoms. The number of benzene rings is 2. The maximum absolute atomic E-state index is 14.8. The van der Waals surface area contributed by atoms with Gasteiger partial charge in [-0.3, -0.25) is 4.79 Å². The molecule has 2 heteroatoms. The number of hydrogen-bond donors (Lipinski definition) is 1. The van der Waals surface area contributed by atoms with Crippen LogP contribution in [-0.4, -0.2) is 10.9 Å². The first-order valence-corrected chi connectivity index (χ1v) is 17.3. The fourth-order valence-corrected chi connectivity index (χ4v) is 7.50. The van der Waals surface area contributed by atoms with Gasteiger partial charge >= 0.3 is 0 Å². The van der Waals surface area contributed by atoms with Gasteiger partial charge in [-0.25, -0.2) is 0 Å². The molecular weight excluding hydrogens is 512 g/mol.